The molecule has 2 fully saturated rings. The maximum Gasteiger partial charge on any atom is 0.336 e. The Morgan fingerprint density at radius 1 is 1.23 bits per heavy atom. The number of rotatable bonds is 4. The van der Waals surface area contributed by atoms with E-state index in [0.29, 0.717) is 30.2 Å². The standard InChI is InChI=1S/C23H29N3O4/c1-12(2)5-19-17(8-15-10-24-11-21(27)26(15)19)23(29)25-18-9-16-13(3)7-22(28)30-20(16)6-14(18)4/h6-7,9,12,15,17,19,24H,5,8,10-11H2,1-4H3,(H,25,29)/t15-,17-,19-/m1/s1. The van der Waals surface area contributed by atoms with Crippen molar-refractivity contribution >= 4 is 28.5 Å². The van der Waals surface area contributed by atoms with Crippen LogP contribution in [-0.2, 0) is 9.59 Å². The summed E-state index contributed by atoms with van der Waals surface area (Å²) in [5.74, 6) is 0.172. The van der Waals surface area contributed by atoms with Crippen LogP contribution in [0.1, 0.15) is 37.8 Å². The minimum Gasteiger partial charge on any atom is -0.423 e. The Morgan fingerprint density at radius 3 is 2.73 bits per heavy atom. The zero-order chi connectivity index (χ0) is 21.6. The summed E-state index contributed by atoms with van der Waals surface area (Å²) in [5, 5.41) is 7.07. The highest BCUT2D eigenvalue weighted by Gasteiger charge is 2.47. The summed E-state index contributed by atoms with van der Waals surface area (Å²) < 4.78 is 5.30. The van der Waals surface area contributed by atoms with Crippen molar-refractivity contribution in [2.45, 2.75) is 52.6 Å². The van der Waals surface area contributed by atoms with Gasteiger partial charge >= 0.3 is 5.63 Å². The molecule has 0 unspecified atom stereocenters. The van der Waals surface area contributed by atoms with Gasteiger partial charge in [0.1, 0.15) is 5.58 Å². The zero-order valence-electron chi connectivity index (χ0n) is 18.0. The number of carbonyl (C=O) groups excluding carboxylic acids is 2. The average Bonchev–Trinajstić information content (AvgIpc) is 3.02. The number of hydrogen-bond donors (Lipinski definition) is 2. The Bertz CT molecular complexity index is 1060. The molecule has 0 bridgehead atoms. The predicted molar refractivity (Wildman–Crippen MR) is 115 cm³/mol. The molecule has 0 spiro atoms. The first kappa shape index (κ1) is 20.6. The number of aryl methyl sites for hydroxylation is 2. The van der Waals surface area contributed by atoms with E-state index in [4.69, 9.17) is 4.42 Å². The Kier molecular flexibility index (Phi) is 5.40. The third-order valence-corrected chi connectivity index (χ3v) is 6.29. The van der Waals surface area contributed by atoms with E-state index in [0.717, 1.165) is 29.5 Å². The Morgan fingerprint density at radius 2 is 2.00 bits per heavy atom. The van der Waals surface area contributed by atoms with Gasteiger partial charge in [0.15, 0.2) is 0 Å². The van der Waals surface area contributed by atoms with Gasteiger partial charge in [-0.1, -0.05) is 13.8 Å². The summed E-state index contributed by atoms with van der Waals surface area (Å²) in [6, 6.07) is 5.10. The molecule has 2 aliphatic rings. The molecule has 30 heavy (non-hydrogen) atoms. The van der Waals surface area contributed by atoms with Crippen LogP contribution in [0, 0.1) is 25.7 Å². The second-order valence-electron chi connectivity index (χ2n) is 9.03. The molecule has 0 aliphatic carbocycles. The molecule has 3 atom stereocenters. The first-order chi connectivity index (χ1) is 14.2. The largest absolute Gasteiger partial charge is 0.423 e. The van der Waals surface area contributed by atoms with E-state index < -0.39 is 0 Å². The fourth-order valence-electron chi connectivity index (χ4n) is 4.90. The monoisotopic (exact) mass is 411 g/mol. The number of nitrogens with one attached hydrogen (secondary N) is 2. The molecule has 1 aromatic heterocycles. The van der Waals surface area contributed by atoms with E-state index in [9.17, 15) is 14.4 Å². The summed E-state index contributed by atoms with van der Waals surface area (Å²) >= 11 is 0. The summed E-state index contributed by atoms with van der Waals surface area (Å²) in [7, 11) is 0. The Balaban J connectivity index is 1.63. The number of anilines is 1. The maximum atomic E-state index is 13.3. The van der Waals surface area contributed by atoms with Crippen molar-refractivity contribution in [3.05, 3.63) is 39.7 Å². The van der Waals surface area contributed by atoms with Crippen molar-refractivity contribution in [1.29, 1.82) is 0 Å². The van der Waals surface area contributed by atoms with Crippen LogP contribution in [0.15, 0.2) is 27.4 Å². The number of carbonyl (C=O) groups is 2. The number of hydrogen-bond acceptors (Lipinski definition) is 5. The lowest BCUT2D eigenvalue weighted by Gasteiger charge is -2.36. The molecule has 2 N–H and O–H groups in total. The van der Waals surface area contributed by atoms with Gasteiger partial charge in [0.05, 0.1) is 12.5 Å². The third kappa shape index (κ3) is 3.74. The smallest absolute Gasteiger partial charge is 0.336 e. The molecule has 2 amide bonds. The molecule has 2 aliphatic heterocycles. The molecule has 0 saturated carbocycles. The minimum absolute atomic E-state index is 0.0552. The lowest BCUT2D eigenvalue weighted by Crippen LogP contribution is -2.55. The maximum absolute atomic E-state index is 13.3. The van der Waals surface area contributed by atoms with Crippen LogP contribution >= 0.6 is 0 Å². The van der Waals surface area contributed by atoms with Crippen molar-refractivity contribution in [3.63, 3.8) is 0 Å². The molecular formula is C23H29N3O4. The van der Waals surface area contributed by atoms with Gasteiger partial charge in [0.2, 0.25) is 11.8 Å². The van der Waals surface area contributed by atoms with Crippen molar-refractivity contribution in [2.75, 3.05) is 18.4 Å². The quantitative estimate of drug-likeness (QED) is 0.755. The molecule has 7 nitrogen and oxygen atoms in total. The molecule has 0 radical (unpaired) electrons. The fraction of sp³-hybridized carbons (Fsp3) is 0.522. The van der Waals surface area contributed by atoms with Crippen LogP contribution in [0.5, 0.6) is 0 Å². The van der Waals surface area contributed by atoms with Gasteiger partial charge in [-0.3, -0.25) is 9.59 Å². The normalized spacial score (nSPS) is 23.8. The van der Waals surface area contributed by atoms with E-state index >= 15 is 0 Å². The van der Waals surface area contributed by atoms with E-state index in [1.54, 1.807) is 6.07 Å². The Hall–Kier alpha value is -2.67. The minimum atomic E-state index is -0.381. The van der Waals surface area contributed by atoms with Gasteiger partial charge in [-0.15, -0.1) is 0 Å². The molecule has 7 heteroatoms. The third-order valence-electron chi connectivity index (χ3n) is 6.29. The van der Waals surface area contributed by atoms with Crippen LogP contribution in [0.3, 0.4) is 0 Å². The SMILES string of the molecule is Cc1cc2oc(=O)cc(C)c2cc1NC(=O)[C@@H]1C[C@@H]2CNCC(=O)N2[C@@H]1CC(C)C. The van der Waals surface area contributed by atoms with Gasteiger partial charge in [-0.05, 0) is 55.9 Å². The van der Waals surface area contributed by atoms with Crippen molar-refractivity contribution in [1.82, 2.24) is 10.2 Å². The number of fused-ring (bicyclic) bond motifs is 2. The lowest BCUT2D eigenvalue weighted by molar-refractivity contribution is -0.136. The topological polar surface area (TPSA) is 91.6 Å². The number of piperazine rings is 1. The summed E-state index contributed by atoms with van der Waals surface area (Å²) in [6.07, 6.45) is 1.48. The van der Waals surface area contributed by atoms with Crippen molar-refractivity contribution in [2.24, 2.45) is 11.8 Å². The van der Waals surface area contributed by atoms with Gasteiger partial charge in [0.25, 0.3) is 0 Å². The summed E-state index contributed by atoms with van der Waals surface area (Å²) in [4.78, 5) is 39.5. The number of nitrogens with zero attached hydrogens (tertiary/aromatic N) is 1. The second kappa shape index (κ2) is 7.87. The first-order valence-corrected chi connectivity index (χ1v) is 10.6. The van der Waals surface area contributed by atoms with Crippen LogP contribution in [0.25, 0.3) is 11.0 Å². The van der Waals surface area contributed by atoms with Crippen molar-refractivity contribution < 1.29 is 14.0 Å². The van der Waals surface area contributed by atoms with E-state index in [1.807, 2.05) is 24.8 Å². The lowest BCUT2D eigenvalue weighted by atomic mass is 9.91. The van der Waals surface area contributed by atoms with E-state index in [-0.39, 0.29) is 35.4 Å². The highest BCUT2D eigenvalue weighted by atomic mass is 16.4. The molecule has 4 rings (SSSR count). The van der Waals surface area contributed by atoms with E-state index in [1.165, 1.54) is 6.07 Å². The summed E-state index contributed by atoms with van der Waals surface area (Å²) in [6.45, 7) is 9.06. The zero-order valence-corrected chi connectivity index (χ0v) is 18.0. The fourth-order valence-corrected chi connectivity index (χ4v) is 4.90. The Labute approximate surface area is 175 Å². The average molecular weight is 412 g/mol. The first-order valence-electron chi connectivity index (χ1n) is 10.6. The molecular weight excluding hydrogens is 382 g/mol. The van der Waals surface area contributed by atoms with Crippen LogP contribution in [0.4, 0.5) is 5.69 Å². The highest BCUT2D eigenvalue weighted by Crippen LogP contribution is 2.36. The van der Waals surface area contributed by atoms with Crippen LogP contribution < -0.4 is 16.3 Å². The number of amides is 2. The highest BCUT2D eigenvalue weighted by molar-refractivity contribution is 5.97. The number of benzene rings is 1. The van der Waals surface area contributed by atoms with Gasteiger partial charge in [-0.25, -0.2) is 4.79 Å². The van der Waals surface area contributed by atoms with Crippen LogP contribution in [-0.4, -0.2) is 41.9 Å². The van der Waals surface area contributed by atoms with Crippen LogP contribution in [0.2, 0.25) is 0 Å². The molecule has 2 aromatic rings. The van der Waals surface area contributed by atoms with Gasteiger partial charge in [-0.2, -0.15) is 0 Å². The predicted octanol–water partition coefficient (Wildman–Crippen LogP) is 2.58. The summed E-state index contributed by atoms with van der Waals surface area (Å²) in [5.41, 5.74) is 2.49. The van der Waals surface area contributed by atoms with E-state index in [2.05, 4.69) is 24.5 Å². The molecule has 2 saturated heterocycles. The second-order valence-corrected chi connectivity index (χ2v) is 9.03. The van der Waals surface area contributed by atoms with Crippen molar-refractivity contribution in [3.8, 4) is 0 Å². The van der Waals surface area contributed by atoms with Gasteiger partial charge < -0.3 is 20.0 Å². The molecule has 160 valence electrons. The van der Waals surface area contributed by atoms with Gasteiger partial charge in [0, 0.05) is 35.8 Å². The molecule has 1 aromatic carbocycles. The molecule has 3 heterocycles.